The van der Waals surface area contributed by atoms with Crippen LogP contribution in [0, 0.1) is 0 Å². The number of carboxylic acid groups (broad SMARTS) is 1. The quantitative estimate of drug-likeness (QED) is 0.782. The number of hydrogen-bond acceptors (Lipinski definition) is 2. The fraction of sp³-hybridized carbons (Fsp3) is 0.100. The molecule has 5 heteroatoms. The van der Waals surface area contributed by atoms with Gasteiger partial charge < -0.3 is 9.84 Å². The molecule has 80 valence electrons. The molecule has 1 aromatic rings. The van der Waals surface area contributed by atoms with Gasteiger partial charge in [-0.05, 0) is 23.8 Å². The normalized spacial score (nSPS) is 10.9. The van der Waals surface area contributed by atoms with E-state index in [9.17, 15) is 13.6 Å². The average molecular weight is 214 g/mol. The molecule has 0 saturated carbocycles. The van der Waals surface area contributed by atoms with Crippen LogP contribution in [-0.2, 0) is 4.79 Å². The predicted molar refractivity (Wildman–Crippen MR) is 49.7 cm³/mol. The standard InChI is InChI=1S/C10H8F2O3/c11-10(12)15-8-3-1-2-7(6-8)4-5-9(13)14/h1-6,10H,(H,13,14)/b5-4+. The molecular weight excluding hydrogens is 206 g/mol. The number of benzene rings is 1. The smallest absolute Gasteiger partial charge is 0.387 e. The Bertz CT molecular complexity index is 375. The highest BCUT2D eigenvalue weighted by Crippen LogP contribution is 2.16. The number of carboxylic acids is 1. The van der Waals surface area contributed by atoms with Gasteiger partial charge in [0.1, 0.15) is 5.75 Å². The van der Waals surface area contributed by atoms with Crippen LogP contribution in [0.4, 0.5) is 8.78 Å². The fourth-order valence-electron chi connectivity index (χ4n) is 0.962. The summed E-state index contributed by atoms with van der Waals surface area (Å²) in [6.45, 7) is -2.89. The van der Waals surface area contributed by atoms with Gasteiger partial charge in [0.05, 0.1) is 0 Å². The molecule has 0 amide bonds. The molecular formula is C10H8F2O3. The molecule has 0 aliphatic carbocycles. The Balaban J connectivity index is 2.78. The van der Waals surface area contributed by atoms with Crippen LogP contribution in [0.1, 0.15) is 5.56 Å². The first-order chi connectivity index (χ1) is 7.08. The van der Waals surface area contributed by atoms with Crippen LogP contribution >= 0.6 is 0 Å². The first-order valence-electron chi connectivity index (χ1n) is 4.04. The third kappa shape index (κ3) is 4.21. The zero-order valence-corrected chi connectivity index (χ0v) is 7.56. The molecule has 0 aromatic heterocycles. The van der Waals surface area contributed by atoms with E-state index in [1.165, 1.54) is 24.3 Å². The van der Waals surface area contributed by atoms with Gasteiger partial charge in [0, 0.05) is 6.08 Å². The maximum Gasteiger partial charge on any atom is 0.387 e. The van der Waals surface area contributed by atoms with E-state index >= 15 is 0 Å². The highest BCUT2D eigenvalue weighted by molar-refractivity contribution is 5.85. The van der Waals surface area contributed by atoms with E-state index in [2.05, 4.69) is 4.74 Å². The molecule has 3 nitrogen and oxygen atoms in total. The Morgan fingerprint density at radius 3 is 2.80 bits per heavy atom. The van der Waals surface area contributed by atoms with Gasteiger partial charge in [-0.1, -0.05) is 12.1 Å². The summed E-state index contributed by atoms with van der Waals surface area (Å²) in [6, 6.07) is 5.77. The fourth-order valence-corrected chi connectivity index (χ4v) is 0.962. The monoisotopic (exact) mass is 214 g/mol. The predicted octanol–water partition coefficient (Wildman–Crippen LogP) is 2.39. The van der Waals surface area contributed by atoms with Crippen molar-refractivity contribution >= 4 is 12.0 Å². The van der Waals surface area contributed by atoms with Crippen LogP contribution in [0.5, 0.6) is 5.75 Å². The van der Waals surface area contributed by atoms with E-state index in [0.29, 0.717) is 5.56 Å². The molecule has 0 aliphatic heterocycles. The number of alkyl halides is 2. The number of aliphatic carboxylic acids is 1. The summed E-state index contributed by atoms with van der Waals surface area (Å²) in [7, 11) is 0. The van der Waals surface area contributed by atoms with Gasteiger partial charge in [-0.3, -0.25) is 0 Å². The first-order valence-corrected chi connectivity index (χ1v) is 4.04. The zero-order chi connectivity index (χ0) is 11.3. The molecule has 0 bridgehead atoms. The molecule has 0 saturated heterocycles. The zero-order valence-electron chi connectivity index (χ0n) is 7.56. The van der Waals surface area contributed by atoms with E-state index in [-0.39, 0.29) is 5.75 Å². The van der Waals surface area contributed by atoms with E-state index in [4.69, 9.17) is 5.11 Å². The van der Waals surface area contributed by atoms with Crippen LogP contribution in [0.15, 0.2) is 30.3 Å². The lowest BCUT2D eigenvalue weighted by Gasteiger charge is -2.04. The van der Waals surface area contributed by atoms with Crippen LogP contribution in [0.2, 0.25) is 0 Å². The highest BCUT2D eigenvalue weighted by Gasteiger charge is 2.03. The molecule has 15 heavy (non-hydrogen) atoms. The summed E-state index contributed by atoms with van der Waals surface area (Å²) < 4.78 is 27.8. The highest BCUT2D eigenvalue weighted by atomic mass is 19.3. The van der Waals surface area contributed by atoms with Gasteiger partial charge in [-0.25, -0.2) is 4.79 Å². The molecule has 1 aromatic carbocycles. The molecule has 0 aliphatic rings. The molecule has 1 N–H and O–H groups in total. The van der Waals surface area contributed by atoms with Crippen molar-refractivity contribution in [1.82, 2.24) is 0 Å². The Morgan fingerprint density at radius 2 is 2.20 bits per heavy atom. The third-order valence-corrected chi connectivity index (χ3v) is 1.50. The molecule has 1 rings (SSSR count). The summed E-state index contributed by atoms with van der Waals surface area (Å²) in [4.78, 5) is 10.2. The van der Waals surface area contributed by atoms with Crippen molar-refractivity contribution in [2.45, 2.75) is 6.61 Å². The van der Waals surface area contributed by atoms with Crippen molar-refractivity contribution in [3.63, 3.8) is 0 Å². The minimum atomic E-state index is -2.89. The van der Waals surface area contributed by atoms with E-state index in [1.54, 1.807) is 6.07 Å². The summed E-state index contributed by atoms with van der Waals surface area (Å²) in [5, 5.41) is 8.35. The van der Waals surface area contributed by atoms with E-state index < -0.39 is 12.6 Å². The molecule has 0 radical (unpaired) electrons. The lowest BCUT2D eigenvalue weighted by Crippen LogP contribution is -2.01. The minimum Gasteiger partial charge on any atom is -0.478 e. The second-order valence-electron chi connectivity index (χ2n) is 2.62. The lowest BCUT2D eigenvalue weighted by molar-refractivity contribution is -0.131. The topological polar surface area (TPSA) is 46.5 Å². The summed E-state index contributed by atoms with van der Waals surface area (Å²) >= 11 is 0. The van der Waals surface area contributed by atoms with Crippen molar-refractivity contribution in [2.75, 3.05) is 0 Å². The van der Waals surface area contributed by atoms with Crippen molar-refractivity contribution < 1.29 is 23.4 Å². The largest absolute Gasteiger partial charge is 0.478 e. The Labute approximate surface area is 84.6 Å². The maximum atomic E-state index is 11.8. The van der Waals surface area contributed by atoms with Gasteiger partial charge in [0.2, 0.25) is 0 Å². The Morgan fingerprint density at radius 1 is 1.47 bits per heavy atom. The molecule has 0 atom stereocenters. The van der Waals surface area contributed by atoms with Crippen LogP contribution in [0.3, 0.4) is 0 Å². The van der Waals surface area contributed by atoms with Crippen molar-refractivity contribution in [1.29, 1.82) is 0 Å². The van der Waals surface area contributed by atoms with E-state index in [0.717, 1.165) is 6.08 Å². The van der Waals surface area contributed by atoms with Gasteiger partial charge in [-0.2, -0.15) is 8.78 Å². The Kier molecular flexibility index (Phi) is 3.79. The summed E-state index contributed by atoms with van der Waals surface area (Å²) in [5.41, 5.74) is 0.482. The van der Waals surface area contributed by atoms with Gasteiger partial charge in [-0.15, -0.1) is 0 Å². The summed E-state index contributed by atoms with van der Waals surface area (Å²) in [6.07, 6.45) is 2.21. The van der Waals surface area contributed by atoms with Crippen LogP contribution in [-0.4, -0.2) is 17.7 Å². The number of carbonyl (C=O) groups is 1. The van der Waals surface area contributed by atoms with E-state index in [1.807, 2.05) is 0 Å². The lowest BCUT2D eigenvalue weighted by atomic mass is 10.2. The average Bonchev–Trinajstić information content (AvgIpc) is 2.14. The molecule has 0 fully saturated rings. The SMILES string of the molecule is O=C(O)/C=C/c1cccc(OC(F)F)c1. The van der Waals surface area contributed by atoms with Crippen molar-refractivity contribution in [2.24, 2.45) is 0 Å². The van der Waals surface area contributed by atoms with Crippen molar-refractivity contribution in [3.05, 3.63) is 35.9 Å². The number of rotatable bonds is 4. The second kappa shape index (κ2) is 5.09. The minimum absolute atomic E-state index is 0.00228. The maximum absolute atomic E-state index is 11.8. The van der Waals surface area contributed by atoms with Crippen LogP contribution in [0.25, 0.3) is 6.08 Å². The van der Waals surface area contributed by atoms with Crippen LogP contribution < -0.4 is 4.74 Å². The molecule has 0 spiro atoms. The number of hydrogen-bond donors (Lipinski definition) is 1. The number of halogens is 2. The first kappa shape index (κ1) is 11.2. The molecule has 0 heterocycles. The van der Waals surface area contributed by atoms with Gasteiger partial charge >= 0.3 is 12.6 Å². The van der Waals surface area contributed by atoms with Gasteiger partial charge in [0.15, 0.2) is 0 Å². The third-order valence-electron chi connectivity index (χ3n) is 1.50. The Hall–Kier alpha value is -1.91. The van der Waals surface area contributed by atoms with Crippen molar-refractivity contribution in [3.8, 4) is 5.75 Å². The van der Waals surface area contributed by atoms with Gasteiger partial charge in [0.25, 0.3) is 0 Å². The summed E-state index contributed by atoms with van der Waals surface area (Å²) in [5.74, 6) is -1.10. The second-order valence-corrected chi connectivity index (χ2v) is 2.62. The molecule has 0 unspecified atom stereocenters. The number of ether oxygens (including phenoxy) is 1.